The molecule has 0 fully saturated rings. The van der Waals surface area contributed by atoms with Gasteiger partial charge < -0.3 is 9.32 Å². The van der Waals surface area contributed by atoms with Crippen LogP contribution >= 0.6 is 22.7 Å². The zero-order chi connectivity index (χ0) is 19.3. The Hall–Kier alpha value is -2.70. The van der Waals surface area contributed by atoms with Crippen LogP contribution in [0.1, 0.15) is 36.6 Å². The maximum atomic E-state index is 13.2. The van der Waals surface area contributed by atoms with Crippen molar-refractivity contribution in [2.75, 3.05) is 0 Å². The molecule has 0 bridgehead atoms. The summed E-state index contributed by atoms with van der Waals surface area (Å²) in [5.74, 6) is 0.694. The molecule has 1 amide bonds. The molecule has 0 saturated carbocycles. The van der Waals surface area contributed by atoms with E-state index in [4.69, 9.17) is 4.42 Å². The summed E-state index contributed by atoms with van der Waals surface area (Å²) in [5.41, 5.74) is 1.69. The van der Waals surface area contributed by atoms with Crippen LogP contribution in [0.5, 0.6) is 0 Å². The molecular weight excluding hydrogens is 388 g/mol. The first-order valence-electron chi connectivity index (χ1n) is 9.02. The van der Waals surface area contributed by atoms with Gasteiger partial charge in [0.1, 0.15) is 11.5 Å². The van der Waals surface area contributed by atoms with Crippen LogP contribution < -0.4 is 0 Å². The van der Waals surface area contributed by atoms with Crippen LogP contribution in [0.2, 0.25) is 0 Å². The molecule has 4 aromatic rings. The number of aromatic nitrogens is 1. The minimum absolute atomic E-state index is 0.0713. The fourth-order valence-electron chi connectivity index (χ4n) is 2.97. The normalized spacial score (nSPS) is 10.9. The van der Waals surface area contributed by atoms with Crippen molar-refractivity contribution in [1.29, 1.82) is 0 Å². The lowest BCUT2D eigenvalue weighted by molar-refractivity contribution is 0.0714. The maximum absolute atomic E-state index is 13.2. The Morgan fingerprint density at radius 1 is 1.07 bits per heavy atom. The second-order valence-electron chi connectivity index (χ2n) is 6.54. The van der Waals surface area contributed by atoms with Gasteiger partial charge in [0, 0.05) is 21.6 Å². The monoisotopic (exact) mass is 408 g/mol. The fourth-order valence-corrected chi connectivity index (χ4v) is 4.68. The lowest BCUT2D eigenvalue weighted by Crippen LogP contribution is -2.30. The van der Waals surface area contributed by atoms with E-state index in [9.17, 15) is 4.79 Å². The minimum Gasteiger partial charge on any atom is -0.467 e. The van der Waals surface area contributed by atoms with Gasteiger partial charge in [0.15, 0.2) is 0 Å². The van der Waals surface area contributed by atoms with Gasteiger partial charge in [-0.3, -0.25) is 4.79 Å². The SMILES string of the molecule is Cc1ccc(CN(Cc2ccco2)C(=O)c2csc(Cc3ccccc3)n2)s1. The topological polar surface area (TPSA) is 46.3 Å². The Morgan fingerprint density at radius 2 is 1.93 bits per heavy atom. The highest BCUT2D eigenvalue weighted by molar-refractivity contribution is 7.11. The number of carbonyl (C=O) groups is 1. The van der Waals surface area contributed by atoms with E-state index in [0.29, 0.717) is 18.8 Å². The molecule has 0 aliphatic rings. The van der Waals surface area contributed by atoms with Gasteiger partial charge >= 0.3 is 0 Å². The zero-order valence-corrected chi connectivity index (χ0v) is 17.1. The average molecular weight is 409 g/mol. The Kier molecular flexibility index (Phi) is 5.69. The van der Waals surface area contributed by atoms with E-state index >= 15 is 0 Å². The average Bonchev–Trinajstić information content (AvgIpc) is 3.45. The molecule has 0 radical (unpaired) electrons. The van der Waals surface area contributed by atoms with Crippen LogP contribution in [0.25, 0.3) is 0 Å². The van der Waals surface area contributed by atoms with Gasteiger partial charge in [-0.1, -0.05) is 30.3 Å². The van der Waals surface area contributed by atoms with Crippen LogP contribution in [0.4, 0.5) is 0 Å². The van der Waals surface area contributed by atoms with E-state index in [-0.39, 0.29) is 5.91 Å². The predicted octanol–water partition coefficient (Wildman–Crippen LogP) is 5.54. The molecule has 0 spiro atoms. The third kappa shape index (κ3) is 4.58. The third-order valence-electron chi connectivity index (χ3n) is 4.33. The number of benzene rings is 1. The van der Waals surface area contributed by atoms with Gasteiger partial charge in [0.2, 0.25) is 0 Å². The van der Waals surface area contributed by atoms with Gasteiger partial charge in [0.25, 0.3) is 5.91 Å². The minimum atomic E-state index is -0.0713. The number of hydrogen-bond acceptors (Lipinski definition) is 5. The highest BCUT2D eigenvalue weighted by Crippen LogP contribution is 2.22. The first-order valence-corrected chi connectivity index (χ1v) is 10.7. The molecule has 4 rings (SSSR count). The van der Waals surface area contributed by atoms with Crippen molar-refractivity contribution in [3.05, 3.63) is 98.0 Å². The third-order valence-corrected chi connectivity index (χ3v) is 6.16. The standard InChI is InChI=1S/C22H20N2O2S2/c1-16-9-10-19(28-16)14-24(13-18-8-5-11-26-18)22(25)20-15-27-21(23-20)12-17-6-3-2-4-7-17/h2-11,15H,12-14H2,1H3. The Bertz CT molecular complexity index is 1040. The summed E-state index contributed by atoms with van der Waals surface area (Å²) in [7, 11) is 0. The highest BCUT2D eigenvalue weighted by atomic mass is 32.1. The molecule has 0 unspecified atom stereocenters. The molecule has 3 heterocycles. The van der Waals surface area contributed by atoms with Crippen molar-refractivity contribution in [1.82, 2.24) is 9.88 Å². The Labute approximate surface area is 172 Å². The van der Waals surface area contributed by atoms with Crippen molar-refractivity contribution >= 4 is 28.6 Å². The number of thiazole rings is 1. The summed E-state index contributed by atoms with van der Waals surface area (Å²) < 4.78 is 5.47. The van der Waals surface area contributed by atoms with Gasteiger partial charge in [-0.25, -0.2) is 4.98 Å². The molecule has 4 nitrogen and oxygen atoms in total. The van der Waals surface area contributed by atoms with Gasteiger partial charge in [-0.15, -0.1) is 22.7 Å². The second kappa shape index (κ2) is 8.54. The second-order valence-corrected chi connectivity index (χ2v) is 8.86. The van der Waals surface area contributed by atoms with Crippen molar-refractivity contribution in [3.63, 3.8) is 0 Å². The number of rotatable bonds is 7. The Morgan fingerprint density at radius 3 is 2.64 bits per heavy atom. The number of thiophene rings is 1. The summed E-state index contributed by atoms with van der Waals surface area (Å²) in [6.45, 7) is 3.04. The number of nitrogens with zero attached hydrogens (tertiary/aromatic N) is 2. The first-order chi connectivity index (χ1) is 13.7. The lowest BCUT2D eigenvalue weighted by Gasteiger charge is -2.20. The zero-order valence-electron chi connectivity index (χ0n) is 15.5. The quantitative estimate of drug-likeness (QED) is 0.403. The van der Waals surface area contributed by atoms with Gasteiger partial charge in [-0.2, -0.15) is 0 Å². The van der Waals surface area contributed by atoms with Gasteiger partial charge in [0.05, 0.1) is 24.4 Å². The predicted molar refractivity (Wildman–Crippen MR) is 113 cm³/mol. The summed E-state index contributed by atoms with van der Waals surface area (Å²) in [5, 5.41) is 2.80. The molecule has 1 aromatic carbocycles. The number of furan rings is 1. The molecule has 28 heavy (non-hydrogen) atoms. The van der Waals surface area contributed by atoms with E-state index in [1.807, 2.05) is 35.7 Å². The summed E-state index contributed by atoms with van der Waals surface area (Å²) in [6.07, 6.45) is 2.37. The number of aryl methyl sites for hydroxylation is 1. The molecule has 6 heteroatoms. The smallest absolute Gasteiger partial charge is 0.274 e. The van der Waals surface area contributed by atoms with Crippen molar-refractivity contribution in [2.45, 2.75) is 26.4 Å². The van der Waals surface area contributed by atoms with Crippen LogP contribution in [-0.4, -0.2) is 15.8 Å². The number of carbonyl (C=O) groups excluding carboxylic acids is 1. The van der Waals surface area contributed by atoms with Crippen LogP contribution in [0.3, 0.4) is 0 Å². The van der Waals surface area contributed by atoms with E-state index in [1.165, 1.54) is 21.8 Å². The van der Waals surface area contributed by atoms with Crippen molar-refractivity contribution in [2.24, 2.45) is 0 Å². The molecule has 0 aliphatic carbocycles. The molecule has 0 saturated heterocycles. The number of amides is 1. The van der Waals surface area contributed by atoms with E-state index < -0.39 is 0 Å². The molecule has 0 N–H and O–H groups in total. The lowest BCUT2D eigenvalue weighted by atomic mass is 10.2. The van der Waals surface area contributed by atoms with Crippen LogP contribution in [0, 0.1) is 6.92 Å². The van der Waals surface area contributed by atoms with Crippen molar-refractivity contribution < 1.29 is 9.21 Å². The Balaban J connectivity index is 1.52. The summed E-state index contributed by atoms with van der Waals surface area (Å²) in [6, 6.07) is 18.1. The maximum Gasteiger partial charge on any atom is 0.274 e. The largest absolute Gasteiger partial charge is 0.467 e. The van der Waals surface area contributed by atoms with Crippen molar-refractivity contribution in [3.8, 4) is 0 Å². The first kappa shape index (κ1) is 18.7. The molecular formula is C22H20N2O2S2. The summed E-state index contributed by atoms with van der Waals surface area (Å²) in [4.78, 5) is 22.0. The number of hydrogen-bond donors (Lipinski definition) is 0. The molecule has 3 aromatic heterocycles. The van der Waals surface area contributed by atoms with Crippen LogP contribution in [0.15, 0.2) is 70.7 Å². The molecule has 0 atom stereocenters. The summed E-state index contributed by atoms with van der Waals surface area (Å²) >= 11 is 3.24. The van der Waals surface area contributed by atoms with Gasteiger partial charge in [-0.05, 0) is 36.8 Å². The van der Waals surface area contributed by atoms with E-state index in [0.717, 1.165) is 22.1 Å². The molecule has 142 valence electrons. The van der Waals surface area contributed by atoms with E-state index in [2.05, 4.69) is 36.2 Å². The molecule has 0 aliphatic heterocycles. The highest BCUT2D eigenvalue weighted by Gasteiger charge is 2.21. The fraction of sp³-hybridized carbons (Fsp3) is 0.182. The van der Waals surface area contributed by atoms with E-state index in [1.54, 1.807) is 22.5 Å². The van der Waals surface area contributed by atoms with Crippen LogP contribution in [-0.2, 0) is 19.5 Å².